The normalized spacial score (nSPS) is 18.2. The first kappa shape index (κ1) is 21.7. The molecule has 1 saturated heterocycles. The lowest BCUT2D eigenvalue weighted by atomic mass is 10.00. The quantitative estimate of drug-likeness (QED) is 0.568. The predicted molar refractivity (Wildman–Crippen MR) is 132 cm³/mol. The second-order valence-corrected chi connectivity index (χ2v) is 9.66. The Kier molecular flexibility index (Phi) is 5.69. The SMILES string of the molecule is Cc1nc(-c2cccnc2C(C)C)c2n1CCN(c1ccc(C(=O)N3CCC[C@@H]3C)cc1)C2. The number of amides is 1. The van der Waals surface area contributed by atoms with Crippen molar-refractivity contribution in [2.24, 2.45) is 0 Å². The highest BCUT2D eigenvalue weighted by molar-refractivity contribution is 5.95. The Balaban J connectivity index is 1.41. The first-order chi connectivity index (χ1) is 15.9. The van der Waals surface area contributed by atoms with Gasteiger partial charge in [-0.05, 0) is 69.0 Å². The zero-order chi connectivity index (χ0) is 23.1. The zero-order valence-electron chi connectivity index (χ0n) is 20.1. The molecule has 172 valence electrons. The summed E-state index contributed by atoms with van der Waals surface area (Å²) in [7, 11) is 0. The number of carbonyl (C=O) groups is 1. The molecule has 2 aliphatic heterocycles. The molecule has 2 aliphatic rings. The molecule has 6 nitrogen and oxygen atoms in total. The number of likely N-dealkylation sites (tertiary alicyclic amines) is 1. The topological polar surface area (TPSA) is 54.3 Å². The van der Waals surface area contributed by atoms with E-state index in [0.29, 0.717) is 12.0 Å². The Morgan fingerprint density at radius 2 is 1.88 bits per heavy atom. The van der Waals surface area contributed by atoms with Gasteiger partial charge in [-0.25, -0.2) is 4.98 Å². The van der Waals surface area contributed by atoms with E-state index in [1.165, 1.54) is 5.69 Å². The highest BCUT2D eigenvalue weighted by atomic mass is 16.2. The van der Waals surface area contributed by atoms with E-state index in [2.05, 4.69) is 60.3 Å². The van der Waals surface area contributed by atoms with Gasteiger partial charge in [-0.3, -0.25) is 9.78 Å². The molecule has 1 aromatic carbocycles. The molecule has 0 radical (unpaired) electrons. The van der Waals surface area contributed by atoms with Crippen molar-refractivity contribution in [1.29, 1.82) is 0 Å². The Morgan fingerprint density at radius 1 is 1.09 bits per heavy atom. The number of aromatic nitrogens is 3. The fraction of sp³-hybridized carbons (Fsp3) is 0.444. The number of imidazole rings is 1. The summed E-state index contributed by atoms with van der Waals surface area (Å²) in [5.74, 6) is 1.54. The maximum absolute atomic E-state index is 12.9. The maximum Gasteiger partial charge on any atom is 0.254 e. The van der Waals surface area contributed by atoms with Crippen LogP contribution in [-0.4, -0.2) is 44.5 Å². The third kappa shape index (κ3) is 3.92. The number of nitrogens with zero attached hydrogens (tertiary/aromatic N) is 5. The number of benzene rings is 1. The van der Waals surface area contributed by atoms with Crippen molar-refractivity contribution < 1.29 is 4.79 Å². The van der Waals surface area contributed by atoms with E-state index in [-0.39, 0.29) is 5.91 Å². The average molecular weight is 444 g/mol. The fourth-order valence-electron chi connectivity index (χ4n) is 5.28. The van der Waals surface area contributed by atoms with Crippen LogP contribution in [0.5, 0.6) is 0 Å². The van der Waals surface area contributed by atoms with E-state index in [4.69, 9.17) is 4.98 Å². The Hall–Kier alpha value is -3.15. The van der Waals surface area contributed by atoms with Crippen LogP contribution in [-0.2, 0) is 13.1 Å². The number of rotatable bonds is 4. The molecule has 33 heavy (non-hydrogen) atoms. The molecule has 0 aliphatic carbocycles. The Bertz CT molecular complexity index is 1160. The number of hydrogen-bond donors (Lipinski definition) is 0. The van der Waals surface area contributed by atoms with Gasteiger partial charge in [-0.15, -0.1) is 0 Å². The van der Waals surface area contributed by atoms with Gasteiger partial charge in [0.05, 0.1) is 23.6 Å². The lowest BCUT2D eigenvalue weighted by molar-refractivity contribution is 0.0747. The highest BCUT2D eigenvalue weighted by Gasteiger charge is 2.27. The second-order valence-electron chi connectivity index (χ2n) is 9.66. The molecule has 2 aromatic heterocycles. The van der Waals surface area contributed by atoms with Crippen LogP contribution in [0.2, 0.25) is 0 Å². The van der Waals surface area contributed by atoms with Crippen LogP contribution >= 0.6 is 0 Å². The average Bonchev–Trinajstić information content (AvgIpc) is 3.41. The molecule has 1 amide bonds. The van der Waals surface area contributed by atoms with Gasteiger partial charge in [0.1, 0.15) is 5.82 Å². The standard InChI is InChI=1S/C27H33N5O/c1-18(2)25-23(8-5-13-28-25)26-24-17-30(15-16-32(24)20(4)29-26)22-11-9-21(10-12-22)27(33)31-14-6-7-19(31)3/h5,8-13,18-19H,6-7,14-17H2,1-4H3/t19-/m0/s1. The molecule has 0 spiro atoms. The van der Waals surface area contributed by atoms with Crippen molar-refractivity contribution in [2.45, 2.75) is 65.6 Å². The molecule has 4 heterocycles. The first-order valence-electron chi connectivity index (χ1n) is 12.1. The minimum Gasteiger partial charge on any atom is -0.364 e. The lowest BCUT2D eigenvalue weighted by Gasteiger charge is -2.31. The van der Waals surface area contributed by atoms with Crippen LogP contribution < -0.4 is 4.90 Å². The summed E-state index contributed by atoms with van der Waals surface area (Å²) >= 11 is 0. The summed E-state index contributed by atoms with van der Waals surface area (Å²) in [5, 5.41) is 0. The minimum atomic E-state index is 0.152. The maximum atomic E-state index is 12.9. The van der Waals surface area contributed by atoms with Crippen LogP contribution in [0.15, 0.2) is 42.6 Å². The summed E-state index contributed by atoms with van der Waals surface area (Å²) < 4.78 is 2.34. The monoisotopic (exact) mass is 443 g/mol. The molecule has 0 N–H and O–H groups in total. The molecular weight excluding hydrogens is 410 g/mol. The summed E-state index contributed by atoms with van der Waals surface area (Å²) in [6, 6.07) is 12.6. The lowest BCUT2D eigenvalue weighted by Crippen LogP contribution is -2.34. The van der Waals surface area contributed by atoms with E-state index in [0.717, 1.165) is 73.0 Å². The first-order valence-corrected chi connectivity index (χ1v) is 12.1. The summed E-state index contributed by atoms with van der Waals surface area (Å²) in [6.45, 7) is 12.1. The third-order valence-corrected chi connectivity index (χ3v) is 7.13. The van der Waals surface area contributed by atoms with Gasteiger partial charge >= 0.3 is 0 Å². The van der Waals surface area contributed by atoms with E-state index in [1.807, 2.05) is 29.3 Å². The van der Waals surface area contributed by atoms with Crippen molar-refractivity contribution in [3.05, 3.63) is 65.4 Å². The molecular formula is C27H33N5O. The number of carbonyl (C=O) groups excluding carboxylic acids is 1. The molecule has 6 heteroatoms. The van der Waals surface area contributed by atoms with Crippen LogP contribution in [0.3, 0.4) is 0 Å². The zero-order valence-corrected chi connectivity index (χ0v) is 20.1. The molecule has 0 saturated carbocycles. The van der Waals surface area contributed by atoms with E-state index < -0.39 is 0 Å². The van der Waals surface area contributed by atoms with Crippen molar-refractivity contribution in [3.63, 3.8) is 0 Å². The highest BCUT2D eigenvalue weighted by Crippen LogP contribution is 2.33. The number of aryl methyl sites for hydroxylation is 1. The molecule has 0 unspecified atom stereocenters. The van der Waals surface area contributed by atoms with Gasteiger partial charge in [0.15, 0.2) is 0 Å². The number of anilines is 1. The van der Waals surface area contributed by atoms with Gasteiger partial charge in [0.25, 0.3) is 5.91 Å². The van der Waals surface area contributed by atoms with E-state index >= 15 is 0 Å². The van der Waals surface area contributed by atoms with Gasteiger partial charge < -0.3 is 14.4 Å². The molecule has 0 bridgehead atoms. The molecule has 3 aromatic rings. The molecule has 1 fully saturated rings. The van der Waals surface area contributed by atoms with Crippen LogP contribution in [0.4, 0.5) is 5.69 Å². The van der Waals surface area contributed by atoms with E-state index in [9.17, 15) is 4.79 Å². The van der Waals surface area contributed by atoms with Gasteiger partial charge in [-0.2, -0.15) is 0 Å². The van der Waals surface area contributed by atoms with E-state index in [1.54, 1.807) is 0 Å². The van der Waals surface area contributed by atoms with Crippen LogP contribution in [0, 0.1) is 6.92 Å². The van der Waals surface area contributed by atoms with Crippen LogP contribution in [0.1, 0.15) is 67.1 Å². The largest absolute Gasteiger partial charge is 0.364 e. The van der Waals surface area contributed by atoms with Gasteiger partial charge in [-0.1, -0.05) is 13.8 Å². The Labute approximate surface area is 196 Å². The third-order valence-electron chi connectivity index (χ3n) is 7.13. The molecule has 1 atom stereocenters. The summed E-state index contributed by atoms with van der Waals surface area (Å²) in [6.07, 6.45) is 4.07. The number of fused-ring (bicyclic) bond motifs is 1. The molecule has 5 rings (SSSR count). The minimum absolute atomic E-state index is 0.152. The summed E-state index contributed by atoms with van der Waals surface area (Å²) in [5.41, 5.74) is 6.43. The van der Waals surface area contributed by atoms with Crippen molar-refractivity contribution in [3.8, 4) is 11.3 Å². The Morgan fingerprint density at radius 3 is 2.58 bits per heavy atom. The smallest absolute Gasteiger partial charge is 0.254 e. The predicted octanol–water partition coefficient (Wildman–Crippen LogP) is 5.02. The number of hydrogen-bond acceptors (Lipinski definition) is 4. The van der Waals surface area contributed by atoms with Crippen LogP contribution in [0.25, 0.3) is 11.3 Å². The van der Waals surface area contributed by atoms with Crippen molar-refractivity contribution >= 4 is 11.6 Å². The second kappa shape index (κ2) is 8.65. The number of pyridine rings is 1. The van der Waals surface area contributed by atoms with Gasteiger partial charge in [0, 0.05) is 48.7 Å². The fourth-order valence-corrected chi connectivity index (χ4v) is 5.28. The summed E-state index contributed by atoms with van der Waals surface area (Å²) in [4.78, 5) is 26.9. The van der Waals surface area contributed by atoms with Gasteiger partial charge in [0.2, 0.25) is 0 Å². The van der Waals surface area contributed by atoms with Crippen molar-refractivity contribution in [2.75, 3.05) is 18.0 Å². The van der Waals surface area contributed by atoms with Crippen molar-refractivity contribution in [1.82, 2.24) is 19.4 Å².